The Hall–Kier alpha value is -1.79. The van der Waals surface area contributed by atoms with Gasteiger partial charge < -0.3 is 20.2 Å². The summed E-state index contributed by atoms with van der Waals surface area (Å²) >= 11 is 0. The van der Waals surface area contributed by atoms with Crippen LogP contribution in [-0.4, -0.2) is 64.5 Å². The number of urea groups is 1. The van der Waals surface area contributed by atoms with Crippen LogP contribution in [0.15, 0.2) is 0 Å². The molecule has 7 nitrogen and oxygen atoms in total. The fraction of sp³-hybridized carbons (Fsp3) is 0.786. The Morgan fingerprint density at radius 2 is 1.90 bits per heavy atom. The summed E-state index contributed by atoms with van der Waals surface area (Å²) in [5, 5.41) is 11.8. The van der Waals surface area contributed by atoms with E-state index >= 15 is 0 Å². The van der Waals surface area contributed by atoms with E-state index in [-0.39, 0.29) is 11.8 Å². The molecule has 1 aliphatic heterocycles. The Balaban J connectivity index is 2.68. The summed E-state index contributed by atoms with van der Waals surface area (Å²) in [6, 6.07) is -1.97. The molecule has 0 bridgehead atoms. The third-order valence-electron chi connectivity index (χ3n) is 4.00. The third-order valence-corrected chi connectivity index (χ3v) is 4.00. The number of hydrogen-bond donors (Lipinski definition) is 2. The number of amides is 3. The molecule has 1 aliphatic rings. The summed E-state index contributed by atoms with van der Waals surface area (Å²) in [7, 11) is 0. The molecular formula is C14H25N3O4. The van der Waals surface area contributed by atoms with Crippen molar-refractivity contribution < 1.29 is 19.5 Å². The van der Waals surface area contributed by atoms with E-state index in [0.717, 1.165) is 0 Å². The van der Waals surface area contributed by atoms with Crippen molar-refractivity contribution in [1.29, 1.82) is 0 Å². The van der Waals surface area contributed by atoms with Gasteiger partial charge in [-0.1, -0.05) is 6.92 Å². The van der Waals surface area contributed by atoms with Crippen LogP contribution in [0.1, 0.15) is 34.1 Å². The normalized spacial score (nSPS) is 22.8. The zero-order valence-corrected chi connectivity index (χ0v) is 13.1. The Labute approximate surface area is 125 Å². The van der Waals surface area contributed by atoms with Crippen molar-refractivity contribution in [3.63, 3.8) is 0 Å². The van der Waals surface area contributed by atoms with Gasteiger partial charge in [0.1, 0.15) is 12.1 Å². The SMILES string of the molecule is CCN(CC)C(=O)C(C)NC(=O)N1CCC(C)C1C(=O)O. The number of carboxylic acid groups (broad SMARTS) is 1. The predicted molar refractivity (Wildman–Crippen MR) is 77.8 cm³/mol. The fourth-order valence-corrected chi connectivity index (χ4v) is 2.69. The first-order valence-corrected chi connectivity index (χ1v) is 7.42. The zero-order chi connectivity index (χ0) is 16.2. The lowest BCUT2D eigenvalue weighted by Crippen LogP contribution is -2.53. The van der Waals surface area contributed by atoms with E-state index in [1.807, 2.05) is 20.8 Å². The molecule has 0 radical (unpaired) electrons. The van der Waals surface area contributed by atoms with Crippen LogP contribution in [0.25, 0.3) is 0 Å². The number of nitrogens with one attached hydrogen (secondary N) is 1. The van der Waals surface area contributed by atoms with Gasteiger partial charge in [0, 0.05) is 19.6 Å². The van der Waals surface area contributed by atoms with Gasteiger partial charge in [-0.05, 0) is 33.1 Å². The van der Waals surface area contributed by atoms with Crippen LogP contribution in [0, 0.1) is 5.92 Å². The van der Waals surface area contributed by atoms with Gasteiger partial charge in [0.2, 0.25) is 5.91 Å². The molecule has 0 aromatic carbocycles. The lowest BCUT2D eigenvalue weighted by molar-refractivity contribution is -0.142. The number of aliphatic carboxylic acids is 1. The minimum Gasteiger partial charge on any atom is -0.480 e. The van der Waals surface area contributed by atoms with Crippen molar-refractivity contribution >= 4 is 17.9 Å². The van der Waals surface area contributed by atoms with E-state index in [1.54, 1.807) is 11.8 Å². The molecule has 0 aromatic rings. The molecule has 1 rings (SSSR count). The topological polar surface area (TPSA) is 90.0 Å². The zero-order valence-electron chi connectivity index (χ0n) is 13.1. The predicted octanol–water partition coefficient (Wildman–Crippen LogP) is 0.748. The Morgan fingerprint density at radius 3 is 2.38 bits per heavy atom. The van der Waals surface area contributed by atoms with Gasteiger partial charge in [-0.2, -0.15) is 0 Å². The monoisotopic (exact) mass is 299 g/mol. The second kappa shape index (κ2) is 7.28. The molecule has 2 N–H and O–H groups in total. The maximum Gasteiger partial charge on any atom is 0.326 e. The van der Waals surface area contributed by atoms with Gasteiger partial charge in [-0.15, -0.1) is 0 Å². The van der Waals surface area contributed by atoms with E-state index < -0.39 is 24.1 Å². The molecule has 0 saturated carbocycles. The maximum absolute atomic E-state index is 12.2. The first-order valence-electron chi connectivity index (χ1n) is 7.42. The Morgan fingerprint density at radius 1 is 1.33 bits per heavy atom. The van der Waals surface area contributed by atoms with Crippen LogP contribution in [0.2, 0.25) is 0 Å². The van der Waals surface area contributed by atoms with Crippen LogP contribution in [0.3, 0.4) is 0 Å². The highest BCUT2D eigenvalue weighted by molar-refractivity contribution is 5.89. The molecule has 120 valence electrons. The molecule has 0 spiro atoms. The van der Waals surface area contributed by atoms with Crippen molar-refractivity contribution in [2.75, 3.05) is 19.6 Å². The molecule has 21 heavy (non-hydrogen) atoms. The van der Waals surface area contributed by atoms with Crippen molar-refractivity contribution in [1.82, 2.24) is 15.1 Å². The van der Waals surface area contributed by atoms with E-state index in [2.05, 4.69) is 5.32 Å². The number of carbonyl (C=O) groups is 3. The standard InChI is InChI=1S/C14H25N3O4/c1-5-16(6-2)12(18)10(4)15-14(21)17-8-7-9(3)11(17)13(19)20/h9-11H,5-8H2,1-4H3,(H,15,21)(H,19,20). The molecular weight excluding hydrogens is 274 g/mol. The Kier molecular flexibility index (Phi) is 5.99. The average molecular weight is 299 g/mol. The molecule has 7 heteroatoms. The van der Waals surface area contributed by atoms with E-state index in [4.69, 9.17) is 0 Å². The van der Waals surface area contributed by atoms with E-state index in [1.165, 1.54) is 4.90 Å². The number of nitrogens with zero attached hydrogens (tertiary/aromatic N) is 2. The number of likely N-dealkylation sites (N-methyl/N-ethyl adjacent to an activating group) is 1. The smallest absolute Gasteiger partial charge is 0.326 e. The van der Waals surface area contributed by atoms with Crippen molar-refractivity contribution in [2.45, 2.75) is 46.2 Å². The van der Waals surface area contributed by atoms with Gasteiger partial charge in [0.05, 0.1) is 0 Å². The van der Waals surface area contributed by atoms with Crippen LogP contribution >= 0.6 is 0 Å². The van der Waals surface area contributed by atoms with Gasteiger partial charge in [0.25, 0.3) is 0 Å². The number of likely N-dealkylation sites (tertiary alicyclic amines) is 1. The van der Waals surface area contributed by atoms with Gasteiger partial charge in [-0.3, -0.25) is 4.79 Å². The van der Waals surface area contributed by atoms with E-state index in [9.17, 15) is 19.5 Å². The van der Waals surface area contributed by atoms with Crippen LogP contribution in [-0.2, 0) is 9.59 Å². The van der Waals surface area contributed by atoms with Crippen LogP contribution in [0.4, 0.5) is 4.79 Å². The van der Waals surface area contributed by atoms with E-state index in [0.29, 0.717) is 26.1 Å². The summed E-state index contributed by atoms with van der Waals surface area (Å²) in [5.74, 6) is -1.24. The number of hydrogen-bond acceptors (Lipinski definition) is 3. The highest BCUT2D eigenvalue weighted by Gasteiger charge is 2.40. The number of carbonyl (C=O) groups excluding carboxylic acids is 2. The first-order chi connectivity index (χ1) is 9.83. The summed E-state index contributed by atoms with van der Waals surface area (Å²) < 4.78 is 0. The van der Waals surface area contributed by atoms with Crippen molar-refractivity contribution in [3.8, 4) is 0 Å². The van der Waals surface area contributed by atoms with Gasteiger partial charge >= 0.3 is 12.0 Å². The summed E-state index contributed by atoms with van der Waals surface area (Å²) in [6.45, 7) is 8.74. The van der Waals surface area contributed by atoms with Gasteiger partial charge in [0.15, 0.2) is 0 Å². The molecule has 3 unspecified atom stereocenters. The lowest BCUT2D eigenvalue weighted by Gasteiger charge is -2.27. The second-order valence-corrected chi connectivity index (χ2v) is 5.42. The largest absolute Gasteiger partial charge is 0.480 e. The molecule has 0 aliphatic carbocycles. The molecule has 3 atom stereocenters. The summed E-state index contributed by atoms with van der Waals surface area (Å²) in [6.07, 6.45) is 0.656. The fourth-order valence-electron chi connectivity index (χ4n) is 2.69. The van der Waals surface area contributed by atoms with Crippen molar-refractivity contribution in [3.05, 3.63) is 0 Å². The average Bonchev–Trinajstić information content (AvgIpc) is 2.81. The molecule has 1 heterocycles. The minimum absolute atomic E-state index is 0.0814. The number of carboxylic acids is 1. The highest BCUT2D eigenvalue weighted by atomic mass is 16.4. The Bertz CT molecular complexity index is 409. The summed E-state index contributed by atoms with van der Waals surface area (Å²) in [4.78, 5) is 38.5. The molecule has 0 aromatic heterocycles. The lowest BCUT2D eigenvalue weighted by atomic mass is 10.0. The van der Waals surface area contributed by atoms with Crippen LogP contribution < -0.4 is 5.32 Å². The maximum atomic E-state index is 12.2. The molecule has 3 amide bonds. The van der Waals surface area contributed by atoms with Gasteiger partial charge in [-0.25, -0.2) is 9.59 Å². The quantitative estimate of drug-likeness (QED) is 0.784. The third kappa shape index (κ3) is 3.86. The second-order valence-electron chi connectivity index (χ2n) is 5.42. The minimum atomic E-state index is -1.00. The van der Waals surface area contributed by atoms with Crippen molar-refractivity contribution in [2.24, 2.45) is 5.92 Å². The van der Waals surface area contributed by atoms with Crippen LogP contribution in [0.5, 0.6) is 0 Å². The number of rotatable bonds is 5. The first kappa shape index (κ1) is 17.3. The molecule has 1 fully saturated rings. The summed E-state index contributed by atoms with van der Waals surface area (Å²) in [5.41, 5.74) is 0. The highest BCUT2D eigenvalue weighted by Crippen LogP contribution is 2.24. The molecule has 1 saturated heterocycles.